The predicted molar refractivity (Wildman–Crippen MR) is 91.1 cm³/mol. The molecule has 0 bridgehead atoms. The van der Waals surface area contributed by atoms with Crippen molar-refractivity contribution in [3.8, 4) is 0 Å². The zero-order chi connectivity index (χ0) is 18.1. The molecule has 0 saturated carbocycles. The standard InChI is InChI=1S/C16H16N8O2/c17-16-19-13-8-23(6-5-12(13)14(25)20-16)15(26)11-3-1-10(2-4-11)7-24-9-18-21-22-24/h1-4,9H,5-8H2,(H3,17,19,20,25). The van der Waals surface area contributed by atoms with E-state index in [1.54, 1.807) is 21.7 Å². The number of aromatic nitrogens is 6. The first-order chi connectivity index (χ1) is 12.6. The third-order valence-electron chi connectivity index (χ3n) is 4.32. The van der Waals surface area contributed by atoms with Gasteiger partial charge in [0.25, 0.3) is 11.5 Å². The number of aromatic amines is 1. The van der Waals surface area contributed by atoms with Gasteiger partial charge in [0.2, 0.25) is 5.95 Å². The molecule has 3 heterocycles. The van der Waals surface area contributed by atoms with Gasteiger partial charge in [0, 0.05) is 17.7 Å². The molecule has 0 radical (unpaired) electrons. The Morgan fingerprint density at radius 1 is 1.27 bits per heavy atom. The largest absolute Gasteiger partial charge is 0.369 e. The van der Waals surface area contributed by atoms with Crippen molar-refractivity contribution < 1.29 is 4.79 Å². The first-order valence-corrected chi connectivity index (χ1v) is 8.06. The molecule has 10 nitrogen and oxygen atoms in total. The normalized spacial score (nSPS) is 13.5. The molecular weight excluding hydrogens is 336 g/mol. The highest BCUT2D eigenvalue weighted by Crippen LogP contribution is 2.17. The van der Waals surface area contributed by atoms with Crippen molar-refractivity contribution in [2.45, 2.75) is 19.5 Å². The van der Waals surface area contributed by atoms with Crippen LogP contribution in [-0.2, 0) is 19.5 Å². The van der Waals surface area contributed by atoms with Crippen LogP contribution in [0.5, 0.6) is 0 Å². The fourth-order valence-corrected chi connectivity index (χ4v) is 3.01. The van der Waals surface area contributed by atoms with Gasteiger partial charge in [-0.3, -0.25) is 14.6 Å². The molecule has 3 N–H and O–H groups in total. The van der Waals surface area contributed by atoms with Crippen LogP contribution in [0.4, 0.5) is 5.95 Å². The number of H-pyrrole nitrogens is 1. The molecule has 1 aliphatic heterocycles. The van der Waals surface area contributed by atoms with Gasteiger partial charge in [0.1, 0.15) is 6.33 Å². The number of nitrogens with zero attached hydrogens (tertiary/aromatic N) is 6. The smallest absolute Gasteiger partial charge is 0.255 e. The second-order valence-electron chi connectivity index (χ2n) is 6.06. The van der Waals surface area contributed by atoms with Crippen molar-refractivity contribution in [2.75, 3.05) is 12.3 Å². The molecule has 0 spiro atoms. The number of hydrogen-bond donors (Lipinski definition) is 2. The molecule has 0 atom stereocenters. The molecular formula is C16H16N8O2. The fraction of sp³-hybridized carbons (Fsp3) is 0.250. The molecule has 0 fully saturated rings. The highest BCUT2D eigenvalue weighted by atomic mass is 16.2. The van der Waals surface area contributed by atoms with E-state index in [0.717, 1.165) is 5.56 Å². The van der Waals surface area contributed by atoms with Crippen molar-refractivity contribution in [3.63, 3.8) is 0 Å². The van der Waals surface area contributed by atoms with Crippen LogP contribution in [0.2, 0.25) is 0 Å². The van der Waals surface area contributed by atoms with E-state index in [1.807, 2.05) is 12.1 Å². The number of nitrogen functional groups attached to an aromatic ring is 1. The first-order valence-electron chi connectivity index (χ1n) is 8.06. The summed E-state index contributed by atoms with van der Waals surface area (Å²) >= 11 is 0. The lowest BCUT2D eigenvalue weighted by Crippen LogP contribution is -2.39. The van der Waals surface area contributed by atoms with Gasteiger partial charge in [-0.15, -0.1) is 5.10 Å². The minimum absolute atomic E-state index is 0.0648. The van der Waals surface area contributed by atoms with Crippen LogP contribution in [0.1, 0.15) is 27.2 Å². The van der Waals surface area contributed by atoms with E-state index in [9.17, 15) is 9.59 Å². The summed E-state index contributed by atoms with van der Waals surface area (Å²) in [6, 6.07) is 7.29. The van der Waals surface area contributed by atoms with E-state index >= 15 is 0 Å². The number of amides is 1. The van der Waals surface area contributed by atoms with Gasteiger partial charge in [-0.1, -0.05) is 12.1 Å². The lowest BCUT2D eigenvalue weighted by Gasteiger charge is -2.27. The van der Waals surface area contributed by atoms with Crippen molar-refractivity contribution in [3.05, 3.63) is 63.3 Å². The Morgan fingerprint density at radius 3 is 2.81 bits per heavy atom. The van der Waals surface area contributed by atoms with Crippen molar-refractivity contribution in [2.24, 2.45) is 0 Å². The summed E-state index contributed by atoms with van der Waals surface area (Å²) in [6.45, 7) is 1.27. The second kappa shape index (κ2) is 6.39. The van der Waals surface area contributed by atoms with Gasteiger partial charge in [0.15, 0.2) is 0 Å². The molecule has 10 heteroatoms. The first kappa shape index (κ1) is 15.9. The lowest BCUT2D eigenvalue weighted by molar-refractivity contribution is 0.0731. The number of anilines is 1. The number of carbonyl (C=O) groups is 1. The summed E-state index contributed by atoms with van der Waals surface area (Å²) in [6.07, 6.45) is 1.99. The maximum absolute atomic E-state index is 12.8. The molecule has 0 aliphatic carbocycles. The number of benzene rings is 1. The fourth-order valence-electron chi connectivity index (χ4n) is 3.01. The summed E-state index contributed by atoms with van der Waals surface area (Å²) < 4.78 is 1.60. The topological polar surface area (TPSA) is 136 Å². The average Bonchev–Trinajstić information content (AvgIpc) is 3.14. The minimum atomic E-state index is -0.230. The van der Waals surface area contributed by atoms with Crippen LogP contribution >= 0.6 is 0 Å². The summed E-state index contributed by atoms with van der Waals surface area (Å²) in [5.74, 6) is -0.0414. The highest BCUT2D eigenvalue weighted by Gasteiger charge is 2.24. The molecule has 2 aromatic heterocycles. The average molecular weight is 352 g/mol. The van der Waals surface area contributed by atoms with Crippen molar-refractivity contribution in [1.82, 2.24) is 35.1 Å². The third kappa shape index (κ3) is 3.04. The molecule has 4 rings (SSSR count). The zero-order valence-electron chi connectivity index (χ0n) is 13.8. The number of rotatable bonds is 3. The SMILES string of the molecule is Nc1nc2c(c(=O)[nH]1)CCN(C(=O)c1ccc(Cn3cnnn3)cc1)C2. The summed E-state index contributed by atoms with van der Waals surface area (Å²) in [7, 11) is 0. The Morgan fingerprint density at radius 2 is 2.08 bits per heavy atom. The number of fused-ring (bicyclic) bond motifs is 1. The van der Waals surface area contributed by atoms with Gasteiger partial charge < -0.3 is 10.6 Å². The van der Waals surface area contributed by atoms with Crippen LogP contribution in [0, 0.1) is 0 Å². The predicted octanol–water partition coefficient (Wildman–Crippen LogP) is -0.415. The van der Waals surface area contributed by atoms with Crippen LogP contribution in [0.25, 0.3) is 0 Å². The van der Waals surface area contributed by atoms with E-state index < -0.39 is 0 Å². The molecule has 1 aromatic carbocycles. The van der Waals surface area contributed by atoms with E-state index in [1.165, 1.54) is 6.33 Å². The van der Waals surface area contributed by atoms with E-state index in [2.05, 4.69) is 25.5 Å². The Labute approximate surface area is 147 Å². The number of nitrogens with one attached hydrogen (secondary N) is 1. The third-order valence-corrected chi connectivity index (χ3v) is 4.32. The number of nitrogens with two attached hydrogens (primary N) is 1. The Hall–Kier alpha value is -3.56. The maximum atomic E-state index is 12.8. The second-order valence-corrected chi connectivity index (χ2v) is 6.06. The maximum Gasteiger partial charge on any atom is 0.255 e. The zero-order valence-corrected chi connectivity index (χ0v) is 13.8. The molecule has 132 valence electrons. The van der Waals surface area contributed by atoms with Crippen molar-refractivity contribution in [1.29, 1.82) is 0 Å². The van der Waals surface area contributed by atoms with Gasteiger partial charge in [-0.05, 0) is 34.5 Å². The minimum Gasteiger partial charge on any atom is -0.369 e. The summed E-state index contributed by atoms with van der Waals surface area (Å²) in [4.78, 5) is 33.0. The Bertz CT molecular complexity index is 994. The van der Waals surface area contributed by atoms with Crippen LogP contribution < -0.4 is 11.3 Å². The van der Waals surface area contributed by atoms with Crippen LogP contribution in [0.3, 0.4) is 0 Å². The molecule has 0 saturated heterocycles. The molecule has 26 heavy (non-hydrogen) atoms. The summed E-state index contributed by atoms with van der Waals surface area (Å²) in [5.41, 5.74) is 8.09. The van der Waals surface area contributed by atoms with Crippen molar-refractivity contribution >= 4 is 11.9 Å². The van der Waals surface area contributed by atoms with Gasteiger partial charge in [0.05, 0.1) is 18.8 Å². The molecule has 3 aromatic rings. The number of carbonyl (C=O) groups excluding carboxylic acids is 1. The molecule has 0 unspecified atom stereocenters. The Kier molecular flexibility index (Phi) is 3.92. The molecule has 1 amide bonds. The number of hydrogen-bond acceptors (Lipinski definition) is 7. The Balaban J connectivity index is 1.50. The van der Waals surface area contributed by atoms with E-state index in [0.29, 0.717) is 36.3 Å². The monoisotopic (exact) mass is 352 g/mol. The highest BCUT2D eigenvalue weighted by molar-refractivity contribution is 5.94. The van der Waals surface area contributed by atoms with Crippen LogP contribution in [-0.4, -0.2) is 47.5 Å². The van der Waals surface area contributed by atoms with E-state index in [-0.39, 0.29) is 24.0 Å². The summed E-state index contributed by atoms with van der Waals surface area (Å²) in [5, 5.41) is 11.0. The van der Waals surface area contributed by atoms with Gasteiger partial charge >= 0.3 is 0 Å². The quantitative estimate of drug-likeness (QED) is 0.653. The van der Waals surface area contributed by atoms with Gasteiger partial charge in [-0.25, -0.2) is 9.67 Å². The molecule has 1 aliphatic rings. The van der Waals surface area contributed by atoms with E-state index in [4.69, 9.17) is 5.73 Å². The van der Waals surface area contributed by atoms with Crippen LogP contribution in [0.15, 0.2) is 35.4 Å². The number of tetrazole rings is 1. The van der Waals surface area contributed by atoms with Gasteiger partial charge in [-0.2, -0.15) is 0 Å². The lowest BCUT2D eigenvalue weighted by atomic mass is 10.0.